The zero-order valence-corrected chi connectivity index (χ0v) is 14.2. The molecule has 0 aliphatic rings. The van der Waals surface area contributed by atoms with Gasteiger partial charge in [0.2, 0.25) is 0 Å². The van der Waals surface area contributed by atoms with Crippen LogP contribution < -0.4 is 0 Å². The highest BCUT2D eigenvalue weighted by molar-refractivity contribution is 7.12. The molecule has 5 heteroatoms. The van der Waals surface area contributed by atoms with Gasteiger partial charge in [-0.2, -0.15) is 0 Å². The molecule has 0 radical (unpaired) electrons. The van der Waals surface area contributed by atoms with Gasteiger partial charge >= 0.3 is 0 Å². The first-order valence-corrected chi connectivity index (χ1v) is 8.77. The van der Waals surface area contributed by atoms with Crippen LogP contribution in [0.5, 0.6) is 0 Å². The monoisotopic (exact) mass is 352 g/mol. The number of fused-ring (bicyclic) bond motifs is 1. The molecule has 0 amide bonds. The number of carbonyl (C=O) groups is 1. The summed E-state index contributed by atoms with van der Waals surface area (Å²) in [4.78, 5) is 18.1. The molecule has 4 aromatic rings. The lowest BCUT2D eigenvalue weighted by molar-refractivity contribution is 0.0995. The quantitative estimate of drug-likeness (QED) is 0.476. The normalized spacial score (nSPS) is 11.0. The number of rotatable bonds is 4. The Morgan fingerprint density at radius 3 is 2.67 bits per heavy atom. The summed E-state index contributed by atoms with van der Waals surface area (Å²) >= 11 is 7.46. The van der Waals surface area contributed by atoms with Crippen molar-refractivity contribution in [2.75, 3.05) is 0 Å². The molecule has 3 heterocycles. The van der Waals surface area contributed by atoms with Gasteiger partial charge < -0.3 is 4.40 Å². The summed E-state index contributed by atoms with van der Waals surface area (Å²) in [5.41, 5.74) is 3.50. The van der Waals surface area contributed by atoms with Crippen molar-refractivity contribution in [3.63, 3.8) is 0 Å². The number of thiophene rings is 1. The zero-order valence-electron chi connectivity index (χ0n) is 12.6. The third-order valence-corrected chi connectivity index (χ3v) is 5.03. The van der Waals surface area contributed by atoms with Crippen LogP contribution in [0.15, 0.2) is 66.2 Å². The van der Waals surface area contributed by atoms with Crippen LogP contribution in [-0.2, 0) is 6.42 Å². The highest BCUT2D eigenvalue weighted by Gasteiger charge is 2.18. The molecular formula is C19H13ClN2OS. The number of ketones is 1. The summed E-state index contributed by atoms with van der Waals surface area (Å²) in [7, 11) is 0. The zero-order chi connectivity index (χ0) is 16.5. The summed E-state index contributed by atoms with van der Waals surface area (Å²) in [6.07, 6.45) is 2.25. The van der Waals surface area contributed by atoms with Gasteiger partial charge in [0, 0.05) is 16.8 Å². The predicted molar refractivity (Wildman–Crippen MR) is 98.0 cm³/mol. The van der Waals surface area contributed by atoms with E-state index in [-0.39, 0.29) is 5.78 Å². The number of Topliss-reactive ketones (excluding diaryl/α,β-unsaturated/α-hetero) is 1. The smallest absolute Gasteiger partial charge is 0.178 e. The third-order valence-electron chi connectivity index (χ3n) is 3.87. The summed E-state index contributed by atoms with van der Waals surface area (Å²) in [5, 5.41) is 2.60. The van der Waals surface area contributed by atoms with Gasteiger partial charge in [-0.25, -0.2) is 4.98 Å². The molecule has 0 N–H and O–H groups in total. The van der Waals surface area contributed by atoms with E-state index in [2.05, 4.69) is 0 Å². The van der Waals surface area contributed by atoms with Crippen LogP contribution in [0.4, 0.5) is 0 Å². The second-order valence-electron chi connectivity index (χ2n) is 5.42. The summed E-state index contributed by atoms with van der Waals surface area (Å²) < 4.78 is 1.98. The van der Waals surface area contributed by atoms with Crippen molar-refractivity contribution < 1.29 is 4.79 Å². The molecule has 3 nitrogen and oxygen atoms in total. The van der Waals surface area contributed by atoms with E-state index in [1.54, 1.807) is 0 Å². The van der Waals surface area contributed by atoms with Crippen LogP contribution in [0, 0.1) is 0 Å². The van der Waals surface area contributed by atoms with Crippen molar-refractivity contribution in [3.05, 3.63) is 81.8 Å². The van der Waals surface area contributed by atoms with Crippen LogP contribution in [0.25, 0.3) is 16.9 Å². The molecule has 3 aromatic heterocycles. The summed E-state index contributed by atoms with van der Waals surface area (Å²) in [6.45, 7) is 0. The van der Waals surface area contributed by atoms with Crippen LogP contribution in [0.3, 0.4) is 0 Å². The first-order valence-electron chi connectivity index (χ1n) is 7.51. The molecule has 0 saturated carbocycles. The fourth-order valence-electron chi connectivity index (χ4n) is 2.73. The van der Waals surface area contributed by atoms with Crippen LogP contribution in [0.1, 0.15) is 15.4 Å². The summed E-state index contributed by atoms with van der Waals surface area (Å²) in [5.74, 6) is 0.103. The van der Waals surface area contributed by atoms with Gasteiger partial charge in [0.15, 0.2) is 5.78 Å². The van der Waals surface area contributed by atoms with Gasteiger partial charge in [-0.3, -0.25) is 4.79 Å². The van der Waals surface area contributed by atoms with E-state index in [9.17, 15) is 4.79 Å². The Morgan fingerprint density at radius 2 is 1.92 bits per heavy atom. The van der Waals surface area contributed by atoms with Gasteiger partial charge in [0.05, 0.1) is 22.7 Å². The molecule has 1 aromatic carbocycles. The van der Waals surface area contributed by atoms with Gasteiger partial charge in [-0.05, 0) is 35.7 Å². The molecule has 0 atom stereocenters. The fraction of sp³-hybridized carbons (Fsp3) is 0.0526. The minimum Gasteiger partial charge on any atom is -0.303 e. The van der Waals surface area contributed by atoms with E-state index in [4.69, 9.17) is 16.6 Å². The van der Waals surface area contributed by atoms with Gasteiger partial charge in [-0.15, -0.1) is 11.3 Å². The standard InChI is InChI=1S/C19H13ClN2OS/c20-14-8-6-13(7-9-14)19-15(12-16(23)17-4-3-11-24-17)22-10-2-1-5-18(22)21-19/h1-11H,12H2. The second-order valence-corrected chi connectivity index (χ2v) is 6.80. The van der Waals surface area contributed by atoms with Gasteiger partial charge in [0.25, 0.3) is 0 Å². The SMILES string of the molecule is O=C(Cc1c(-c2ccc(Cl)cc2)nc2ccccn12)c1cccs1. The molecule has 0 unspecified atom stereocenters. The lowest BCUT2D eigenvalue weighted by atomic mass is 10.1. The number of pyridine rings is 1. The second kappa shape index (κ2) is 6.23. The first kappa shape index (κ1) is 15.1. The number of imidazole rings is 1. The van der Waals surface area contributed by atoms with E-state index in [0.717, 1.165) is 27.5 Å². The van der Waals surface area contributed by atoms with Crippen LogP contribution in [0.2, 0.25) is 5.02 Å². The molecule has 118 valence electrons. The van der Waals surface area contributed by atoms with E-state index < -0.39 is 0 Å². The topological polar surface area (TPSA) is 34.4 Å². The Kier molecular flexibility index (Phi) is 3.92. The number of hydrogen-bond donors (Lipinski definition) is 0. The van der Waals surface area contributed by atoms with E-state index in [1.807, 2.05) is 70.6 Å². The number of carbonyl (C=O) groups excluding carboxylic acids is 1. The number of aromatic nitrogens is 2. The van der Waals surface area contributed by atoms with Crippen molar-refractivity contribution in [2.24, 2.45) is 0 Å². The van der Waals surface area contributed by atoms with E-state index in [0.29, 0.717) is 11.4 Å². The number of benzene rings is 1. The Morgan fingerprint density at radius 1 is 1.08 bits per heavy atom. The third kappa shape index (κ3) is 2.75. The van der Waals surface area contributed by atoms with Gasteiger partial charge in [-0.1, -0.05) is 35.9 Å². The maximum absolute atomic E-state index is 12.6. The lowest BCUT2D eigenvalue weighted by Crippen LogP contribution is -2.05. The Hall–Kier alpha value is -2.43. The molecular weight excluding hydrogens is 340 g/mol. The lowest BCUT2D eigenvalue weighted by Gasteiger charge is -2.04. The van der Waals surface area contributed by atoms with Crippen molar-refractivity contribution in [1.29, 1.82) is 0 Å². The molecule has 24 heavy (non-hydrogen) atoms. The largest absolute Gasteiger partial charge is 0.303 e. The average Bonchev–Trinajstić information content (AvgIpc) is 3.24. The molecule has 0 bridgehead atoms. The van der Waals surface area contributed by atoms with Crippen molar-refractivity contribution in [3.8, 4) is 11.3 Å². The maximum atomic E-state index is 12.6. The number of hydrogen-bond acceptors (Lipinski definition) is 3. The van der Waals surface area contributed by atoms with Crippen molar-refractivity contribution in [2.45, 2.75) is 6.42 Å². The Balaban J connectivity index is 1.84. The van der Waals surface area contributed by atoms with Crippen LogP contribution in [-0.4, -0.2) is 15.2 Å². The van der Waals surface area contributed by atoms with Crippen molar-refractivity contribution in [1.82, 2.24) is 9.38 Å². The number of halogens is 1. The molecule has 0 fully saturated rings. The molecule has 4 rings (SSSR count). The van der Waals surface area contributed by atoms with Crippen LogP contribution >= 0.6 is 22.9 Å². The molecule has 0 saturated heterocycles. The minimum atomic E-state index is 0.103. The average molecular weight is 353 g/mol. The molecule has 0 aliphatic heterocycles. The molecule has 0 aliphatic carbocycles. The highest BCUT2D eigenvalue weighted by Crippen LogP contribution is 2.27. The Labute approximate surface area is 148 Å². The predicted octanol–water partition coefficient (Wildman–Crippen LogP) is 5.14. The maximum Gasteiger partial charge on any atom is 0.178 e. The Bertz CT molecular complexity index is 1000. The van der Waals surface area contributed by atoms with E-state index >= 15 is 0 Å². The molecule has 0 spiro atoms. The van der Waals surface area contributed by atoms with Gasteiger partial charge in [0.1, 0.15) is 5.65 Å². The number of nitrogens with zero attached hydrogens (tertiary/aromatic N) is 2. The minimum absolute atomic E-state index is 0.103. The summed E-state index contributed by atoms with van der Waals surface area (Å²) in [6, 6.07) is 17.1. The first-order chi connectivity index (χ1) is 11.7. The van der Waals surface area contributed by atoms with Crippen molar-refractivity contribution >= 4 is 34.4 Å². The van der Waals surface area contributed by atoms with E-state index in [1.165, 1.54) is 11.3 Å². The fourth-order valence-corrected chi connectivity index (χ4v) is 3.52. The highest BCUT2D eigenvalue weighted by atomic mass is 35.5.